The van der Waals surface area contributed by atoms with Gasteiger partial charge in [-0.25, -0.2) is 4.98 Å². The van der Waals surface area contributed by atoms with E-state index in [0.29, 0.717) is 24.3 Å². The Hall–Kier alpha value is -2.08. The lowest BCUT2D eigenvalue weighted by atomic mass is 9.87. The van der Waals surface area contributed by atoms with Crippen molar-refractivity contribution in [2.24, 2.45) is 20.0 Å². The highest BCUT2D eigenvalue weighted by Gasteiger charge is 2.45. The van der Waals surface area contributed by atoms with Crippen molar-refractivity contribution in [2.45, 2.75) is 44.3 Å². The summed E-state index contributed by atoms with van der Waals surface area (Å²) in [5.41, 5.74) is 1.29. The maximum atomic E-state index is 12.6. The van der Waals surface area contributed by atoms with Gasteiger partial charge in [-0.05, 0) is 36.8 Å². The normalized spacial score (nSPS) is 24.1. The molecule has 6 nitrogen and oxygen atoms in total. The lowest BCUT2D eigenvalue weighted by Crippen LogP contribution is -2.47. The number of hydrogen-bond donors (Lipinski definition) is 1. The average Bonchev–Trinajstić information content (AvgIpc) is 3.21. The van der Waals surface area contributed by atoms with Crippen molar-refractivity contribution in [1.82, 2.24) is 24.3 Å². The van der Waals surface area contributed by atoms with Crippen molar-refractivity contribution >= 4 is 5.91 Å². The largest absolute Gasteiger partial charge is 0.357 e. The maximum absolute atomic E-state index is 12.6. The summed E-state index contributed by atoms with van der Waals surface area (Å²) in [5, 5.41) is 3.60. The van der Waals surface area contributed by atoms with Gasteiger partial charge in [-0.1, -0.05) is 0 Å². The van der Waals surface area contributed by atoms with Crippen LogP contribution in [0, 0.1) is 5.92 Å². The third-order valence-corrected chi connectivity index (χ3v) is 5.46. The zero-order valence-electron chi connectivity index (χ0n) is 15.1. The highest BCUT2D eigenvalue weighted by Crippen LogP contribution is 2.42. The zero-order chi connectivity index (χ0) is 17.4. The summed E-state index contributed by atoms with van der Waals surface area (Å²) in [6.07, 6.45) is 11.9. The minimum Gasteiger partial charge on any atom is -0.357 e. The fourth-order valence-electron chi connectivity index (χ4n) is 4.04. The summed E-state index contributed by atoms with van der Waals surface area (Å²) in [5.74, 6) is 1.73. The van der Waals surface area contributed by atoms with E-state index in [9.17, 15) is 4.79 Å². The van der Waals surface area contributed by atoms with E-state index in [1.54, 1.807) is 0 Å². The van der Waals surface area contributed by atoms with E-state index in [1.807, 2.05) is 26.5 Å². The highest BCUT2D eigenvalue weighted by atomic mass is 16.2. The Morgan fingerprint density at radius 2 is 2.08 bits per heavy atom. The van der Waals surface area contributed by atoms with Gasteiger partial charge in [0.25, 0.3) is 0 Å². The molecule has 2 atom stereocenters. The first-order valence-electron chi connectivity index (χ1n) is 9.23. The van der Waals surface area contributed by atoms with Crippen LogP contribution in [0.25, 0.3) is 0 Å². The van der Waals surface area contributed by atoms with Crippen LogP contribution >= 0.6 is 0 Å². The number of piperidine rings is 1. The lowest BCUT2D eigenvalue weighted by Gasteiger charge is -2.41. The number of aromatic nitrogens is 3. The maximum Gasteiger partial charge on any atom is 0.223 e. The summed E-state index contributed by atoms with van der Waals surface area (Å²) in [6.45, 7) is 1.77. The standard InChI is InChI=1S/C19H27N5O/c1-22-9-7-14(13-22)11-20-12-15-3-6-17(25)24(16-4-5-16)18(15)19-21-8-10-23(19)2/h7-10,13,15-16,18,20H,3-6,11-12H2,1-2H3/t15-,18+/m1/s1. The molecule has 1 saturated carbocycles. The molecule has 6 heteroatoms. The molecule has 2 fully saturated rings. The molecule has 25 heavy (non-hydrogen) atoms. The molecule has 0 radical (unpaired) electrons. The molecule has 0 aromatic carbocycles. The fraction of sp³-hybridized carbons (Fsp3) is 0.579. The van der Waals surface area contributed by atoms with Crippen LogP contribution in [-0.2, 0) is 25.4 Å². The quantitative estimate of drug-likeness (QED) is 0.874. The Balaban J connectivity index is 1.50. The summed E-state index contributed by atoms with van der Waals surface area (Å²) < 4.78 is 4.14. The highest BCUT2D eigenvalue weighted by molar-refractivity contribution is 5.78. The van der Waals surface area contributed by atoms with Crippen LogP contribution in [0.15, 0.2) is 30.9 Å². The van der Waals surface area contributed by atoms with Gasteiger partial charge in [0.1, 0.15) is 5.82 Å². The molecule has 0 unspecified atom stereocenters. The molecule has 0 spiro atoms. The minimum atomic E-state index is 0.0945. The van der Waals surface area contributed by atoms with Gasteiger partial charge in [-0.15, -0.1) is 0 Å². The second kappa shape index (κ2) is 6.67. The molecule has 1 aliphatic carbocycles. The number of imidazole rings is 1. The van der Waals surface area contributed by atoms with E-state index < -0.39 is 0 Å². The second-order valence-electron chi connectivity index (χ2n) is 7.49. The predicted octanol–water partition coefficient (Wildman–Crippen LogP) is 1.99. The molecule has 1 aliphatic heterocycles. The van der Waals surface area contributed by atoms with Gasteiger partial charge in [0, 0.05) is 64.4 Å². The van der Waals surface area contributed by atoms with Gasteiger partial charge >= 0.3 is 0 Å². The first kappa shape index (κ1) is 16.4. The minimum absolute atomic E-state index is 0.0945. The van der Waals surface area contributed by atoms with Crippen LogP contribution in [0.3, 0.4) is 0 Å². The Labute approximate surface area is 148 Å². The third kappa shape index (κ3) is 3.35. The molecule has 1 saturated heterocycles. The second-order valence-corrected chi connectivity index (χ2v) is 7.49. The van der Waals surface area contributed by atoms with E-state index in [-0.39, 0.29) is 6.04 Å². The molecule has 2 aromatic rings. The summed E-state index contributed by atoms with van der Waals surface area (Å²) in [7, 11) is 4.07. The van der Waals surface area contributed by atoms with Gasteiger partial charge in [0.2, 0.25) is 5.91 Å². The van der Waals surface area contributed by atoms with Crippen molar-refractivity contribution < 1.29 is 4.79 Å². The summed E-state index contributed by atoms with van der Waals surface area (Å²) in [4.78, 5) is 19.3. The lowest BCUT2D eigenvalue weighted by molar-refractivity contribution is -0.140. The van der Waals surface area contributed by atoms with Gasteiger partial charge in [-0.3, -0.25) is 4.79 Å². The molecule has 2 aliphatic rings. The van der Waals surface area contributed by atoms with E-state index in [0.717, 1.165) is 38.2 Å². The smallest absolute Gasteiger partial charge is 0.223 e. The topological polar surface area (TPSA) is 55.1 Å². The molecular formula is C19H27N5O. The summed E-state index contributed by atoms with van der Waals surface area (Å²) in [6, 6.07) is 2.66. The van der Waals surface area contributed by atoms with E-state index in [1.165, 1.54) is 5.56 Å². The Morgan fingerprint density at radius 1 is 1.24 bits per heavy atom. The molecule has 2 aromatic heterocycles. The molecule has 1 N–H and O–H groups in total. The van der Waals surface area contributed by atoms with Crippen molar-refractivity contribution in [1.29, 1.82) is 0 Å². The van der Waals surface area contributed by atoms with Gasteiger partial charge in [0.05, 0.1) is 6.04 Å². The van der Waals surface area contributed by atoms with Crippen LogP contribution in [0.5, 0.6) is 0 Å². The summed E-state index contributed by atoms with van der Waals surface area (Å²) >= 11 is 0. The molecule has 134 valence electrons. The van der Waals surface area contributed by atoms with E-state index in [4.69, 9.17) is 0 Å². The van der Waals surface area contributed by atoms with Gasteiger partial charge in [-0.2, -0.15) is 0 Å². The number of aryl methyl sites for hydroxylation is 2. The molecule has 0 bridgehead atoms. The van der Waals surface area contributed by atoms with E-state index in [2.05, 4.69) is 42.8 Å². The first-order valence-corrected chi connectivity index (χ1v) is 9.23. The third-order valence-electron chi connectivity index (χ3n) is 5.46. The number of carbonyl (C=O) groups is 1. The van der Waals surface area contributed by atoms with Crippen molar-refractivity contribution in [2.75, 3.05) is 6.54 Å². The van der Waals surface area contributed by atoms with Crippen LogP contribution in [0.1, 0.15) is 43.1 Å². The Bertz CT molecular complexity index is 745. The van der Waals surface area contributed by atoms with Crippen molar-refractivity contribution in [3.63, 3.8) is 0 Å². The molecule has 1 amide bonds. The molecular weight excluding hydrogens is 314 g/mol. The van der Waals surface area contributed by atoms with Crippen LogP contribution in [0.4, 0.5) is 0 Å². The van der Waals surface area contributed by atoms with E-state index >= 15 is 0 Å². The number of amides is 1. The number of carbonyl (C=O) groups excluding carboxylic acids is 1. The van der Waals surface area contributed by atoms with Gasteiger partial charge in [0.15, 0.2) is 0 Å². The Kier molecular flexibility index (Phi) is 4.37. The number of hydrogen-bond acceptors (Lipinski definition) is 3. The van der Waals surface area contributed by atoms with Crippen LogP contribution in [-0.4, -0.2) is 37.5 Å². The van der Waals surface area contributed by atoms with Crippen LogP contribution < -0.4 is 5.32 Å². The molecule has 4 rings (SSSR count). The first-order chi connectivity index (χ1) is 12.1. The fourth-order valence-corrected chi connectivity index (χ4v) is 4.04. The number of nitrogens with one attached hydrogen (secondary N) is 1. The zero-order valence-corrected chi connectivity index (χ0v) is 15.1. The SMILES string of the molecule is Cn1ccc(CNC[C@H]2CCC(=O)N(C3CC3)[C@@H]2c2nccn2C)c1. The number of rotatable bonds is 6. The predicted molar refractivity (Wildman–Crippen MR) is 95.7 cm³/mol. The van der Waals surface area contributed by atoms with Crippen molar-refractivity contribution in [3.05, 3.63) is 42.2 Å². The van der Waals surface area contributed by atoms with Gasteiger partial charge < -0.3 is 19.4 Å². The monoisotopic (exact) mass is 341 g/mol. The number of likely N-dealkylation sites (tertiary alicyclic amines) is 1. The molecule has 3 heterocycles. The average molecular weight is 341 g/mol. The Morgan fingerprint density at radius 3 is 2.72 bits per heavy atom. The van der Waals surface area contributed by atoms with Crippen molar-refractivity contribution in [3.8, 4) is 0 Å². The number of nitrogens with zero attached hydrogens (tertiary/aromatic N) is 4. The van der Waals surface area contributed by atoms with Crippen LogP contribution in [0.2, 0.25) is 0 Å².